The fourth-order valence-corrected chi connectivity index (χ4v) is 2.18. The third-order valence-electron chi connectivity index (χ3n) is 3.09. The van der Waals surface area contributed by atoms with Crippen LogP contribution in [0.15, 0.2) is 10.9 Å². The predicted octanol–water partition coefficient (Wildman–Crippen LogP) is 2.23. The van der Waals surface area contributed by atoms with Crippen LogP contribution in [0.1, 0.15) is 19.4 Å². The average molecular weight is 291 g/mol. The molecule has 0 spiro atoms. The van der Waals surface area contributed by atoms with Crippen LogP contribution in [0.4, 0.5) is 24.7 Å². The summed E-state index contributed by atoms with van der Waals surface area (Å²) in [5, 5.41) is 13.5. The third kappa shape index (κ3) is 2.35. The number of aromatic nitrogens is 1. The summed E-state index contributed by atoms with van der Waals surface area (Å²) >= 11 is 0. The lowest BCUT2D eigenvalue weighted by atomic mass is 9.91. The molecule has 0 atom stereocenters. The van der Waals surface area contributed by atoms with E-state index in [4.69, 9.17) is 0 Å². The molecule has 6 nitrogen and oxygen atoms in total. The van der Waals surface area contributed by atoms with E-state index >= 15 is 0 Å². The Morgan fingerprint density at radius 3 is 2.55 bits per heavy atom. The number of nitrogens with zero attached hydrogens (tertiary/aromatic N) is 2. The topological polar surface area (TPSA) is 77.2 Å². The number of hydrogen-bond acceptors (Lipinski definition) is 4. The second kappa shape index (κ2) is 4.22. The van der Waals surface area contributed by atoms with E-state index in [0.717, 1.165) is 4.57 Å². The van der Waals surface area contributed by atoms with Crippen molar-refractivity contribution in [3.63, 3.8) is 0 Å². The molecule has 0 amide bonds. The summed E-state index contributed by atoms with van der Waals surface area (Å²) in [7, 11) is 0. The van der Waals surface area contributed by atoms with Gasteiger partial charge in [0.25, 0.3) is 5.56 Å². The molecule has 1 aromatic rings. The lowest BCUT2D eigenvalue weighted by Crippen LogP contribution is -2.41. The number of anilines is 1. The molecule has 0 aliphatic carbocycles. The van der Waals surface area contributed by atoms with E-state index < -0.39 is 27.9 Å². The number of fused-ring (bicyclic) bond motifs is 1. The molecule has 0 aromatic carbocycles. The van der Waals surface area contributed by atoms with Crippen LogP contribution in [0.5, 0.6) is 0 Å². The number of pyridine rings is 1. The molecule has 20 heavy (non-hydrogen) atoms. The molecule has 1 aliphatic heterocycles. The van der Waals surface area contributed by atoms with Crippen molar-refractivity contribution < 1.29 is 18.1 Å². The quantitative estimate of drug-likeness (QED) is 0.635. The molecule has 2 heterocycles. The van der Waals surface area contributed by atoms with Crippen molar-refractivity contribution in [1.29, 1.82) is 0 Å². The minimum Gasteiger partial charge on any atom is -0.365 e. The summed E-state index contributed by atoms with van der Waals surface area (Å²) in [4.78, 5) is 21.6. The first-order chi connectivity index (χ1) is 9.03. The van der Waals surface area contributed by atoms with E-state index in [1.165, 1.54) is 0 Å². The van der Waals surface area contributed by atoms with Gasteiger partial charge in [0.05, 0.1) is 4.92 Å². The van der Waals surface area contributed by atoms with Gasteiger partial charge in [0, 0.05) is 24.6 Å². The largest absolute Gasteiger partial charge is 0.423 e. The summed E-state index contributed by atoms with van der Waals surface area (Å²) in [6, 6.07) is 0.282. The van der Waals surface area contributed by atoms with Gasteiger partial charge in [-0.1, -0.05) is 13.8 Å². The fraction of sp³-hybridized carbons (Fsp3) is 0.545. The van der Waals surface area contributed by atoms with Crippen LogP contribution in [0.25, 0.3) is 0 Å². The highest BCUT2D eigenvalue weighted by Gasteiger charge is 2.43. The van der Waals surface area contributed by atoms with Crippen molar-refractivity contribution in [2.45, 2.75) is 26.6 Å². The Bertz CT molecular complexity index is 634. The molecule has 110 valence electrons. The molecular weight excluding hydrogens is 279 g/mol. The molecule has 0 radical (unpaired) electrons. The van der Waals surface area contributed by atoms with Gasteiger partial charge < -0.3 is 5.32 Å². The number of nitro groups is 1. The van der Waals surface area contributed by atoms with Gasteiger partial charge in [-0.3, -0.25) is 19.5 Å². The van der Waals surface area contributed by atoms with Crippen LogP contribution in [-0.2, 0) is 12.7 Å². The second-order valence-electron chi connectivity index (χ2n) is 5.45. The third-order valence-corrected chi connectivity index (χ3v) is 3.09. The molecule has 1 aromatic heterocycles. The first-order valence-corrected chi connectivity index (χ1v) is 5.76. The Hall–Kier alpha value is -2.06. The first kappa shape index (κ1) is 14.4. The van der Waals surface area contributed by atoms with Crippen LogP contribution in [0.3, 0.4) is 0 Å². The normalized spacial score (nSPS) is 17.2. The van der Waals surface area contributed by atoms with Crippen molar-refractivity contribution in [3.05, 3.63) is 32.1 Å². The minimum absolute atomic E-state index is 0.118. The van der Waals surface area contributed by atoms with Gasteiger partial charge in [-0.15, -0.1) is 0 Å². The highest BCUT2D eigenvalue weighted by atomic mass is 19.4. The number of rotatable bonds is 1. The van der Waals surface area contributed by atoms with Crippen LogP contribution in [-0.4, -0.2) is 16.0 Å². The van der Waals surface area contributed by atoms with Crippen molar-refractivity contribution in [3.8, 4) is 0 Å². The maximum Gasteiger partial charge on any atom is 0.423 e. The summed E-state index contributed by atoms with van der Waals surface area (Å²) < 4.78 is 39.5. The van der Waals surface area contributed by atoms with E-state index in [1.807, 2.05) is 0 Å². The zero-order valence-corrected chi connectivity index (χ0v) is 10.7. The Balaban J connectivity index is 2.77. The molecule has 1 N–H and O–H groups in total. The summed E-state index contributed by atoms with van der Waals surface area (Å²) in [5.74, 6) is -0.380. The maximum absolute atomic E-state index is 12.8. The van der Waals surface area contributed by atoms with Crippen LogP contribution < -0.4 is 10.9 Å². The van der Waals surface area contributed by atoms with E-state index in [2.05, 4.69) is 5.32 Å². The Kier molecular flexibility index (Phi) is 3.03. The monoisotopic (exact) mass is 291 g/mol. The standard InChI is InChI=1S/C11H12F3N3O3/c1-10(2)4-15-9-8(17(19)20)6(11(12,13)14)3-7(18)16(9)5-10/h3,15H,4-5H2,1-2H3. The molecule has 0 fully saturated rings. The lowest BCUT2D eigenvalue weighted by Gasteiger charge is -2.33. The van der Waals surface area contributed by atoms with E-state index in [-0.39, 0.29) is 30.4 Å². The molecule has 0 unspecified atom stereocenters. The Labute approximate surface area is 111 Å². The molecular formula is C11H12F3N3O3. The van der Waals surface area contributed by atoms with E-state index in [0.29, 0.717) is 0 Å². The van der Waals surface area contributed by atoms with Gasteiger partial charge >= 0.3 is 11.9 Å². The number of halogens is 3. The van der Waals surface area contributed by atoms with Gasteiger partial charge in [-0.05, 0) is 0 Å². The van der Waals surface area contributed by atoms with Crippen molar-refractivity contribution in [2.24, 2.45) is 5.41 Å². The van der Waals surface area contributed by atoms with E-state index in [1.54, 1.807) is 13.8 Å². The van der Waals surface area contributed by atoms with Gasteiger partial charge in [0.2, 0.25) is 0 Å². The molecule has 9 heteroatoms. The van der Waals surface area contributed by atoms with E-state index in [9.17, 15) is 28.1 Å². The zero-order valence-electron chi connectivity index (χ0n) is 10.7. The summed E-state index contributed by atoms with van der Waals surface area (Å²) in [6.07, 6.45) is -4.95. The average Bonchev–Trinajstić information content (AvgIpc) is 2.27. The molecule has 0 saturated carbocycles. The SMILES string of the molecule is CC1(C)CNc2c([N+](=O)[O-])c(C(F)(F)F)cc(=O)n2C1. The van der Waals surface area contributed by atoms with Crippen molar-refractivity contribution in [1.82, 2.24) is 4.57 Å². The molecule has 0 bridgehead atoms. The fourth-order valence-electron chi connectivity index (χ4n) is 2.18. The molecule has 1 aliphatic rings. The second-order valence-corrected chi connectivity index (χ2v) is 5.45. The van der Waals surface area contributed by atoms with Gasteiger partial charge in [0.15, 0.2) is 5.82 Å². The number of alkyl halides is 3. The van der Waals surface area contributed by atoms with Crippen LogP contribution in [0.2, 0.25) is 0 Å². The van der Waals surface area contributed by atoms with Crippen molar-refractivity contribution in [2.75, 3.05) is 11.9 Å². The lowest BCUT2D eigenvalue weighted by molar-refractivity contribution is -0.387. The maximum atomic E-state index is 12.8. The highest BCUT2D eigenvalue weighted by Crippen LogP contribution is 2.41. The van der Waals surface area contributed by atoms with Crippen LogP contribution >= 0.6 is 0 Å². The Morgan fingerprint density at radius 2 is 2.05 bits per heavy atom. The summed E-state index contributed by atoms with van der Waals surface area (Å²) in [6.45, 7) is 3.97. The number of hydrogen-bond donors (Lipinski definition) is 1. The number of nitrogens with one attached hydrogen (secondary N) is 1. The zero-order chi connectivity index (χ0) is 15.3. The summed E-state index contributed by atoms with van der Waals surface area (Å²) in [5.41, 5.74) is -3.92. The first-order valence-electron chi connectivity index (χ1n) is 5.76. The van der Waals surface area contributed by atoms with Gasteiger partial charge in [-0.25, -0.2) is 0 Å². The molecule has 0 saturated heterocycles. The molecule has 2 rings (SSSR count). The smallest absolute Gasteiger partial charge is 0.365 e. The highest BCUT2D eigenvalue weighted by molar-refractivity contribution is 5.63. The van der Waals surface area contributed by atoms with Gasteiger partial charge in [0.1, 0.15) is 5.56 Å². The van der Waals surface area contributed by atoms with Crippen LogP contribution in [0, 0.1) is 15.5 Å². The van der Waals surface area contributed by atoms with Gasteiger partial charge in [-0.2, -0.15) is 13.2 Å². The van der Waals surface area contributed by atoms with Crippen molar-refractivity contribution >= 4 is 11.5 Å². The predicted molar refractivity (Wildman–Crippen MR) is 64.6 cm³/mol. The Morgan fingerprint density at radius 1 is 1.45 bits per heavy atom. The minimum atomic E-state index is -4.95.